The summed E-state index contributed by atoms with van der Waals surface area (Å²) in [6.45, 7) is 5.05. The minimum absolute atomic E-state index is 0.0505. The Morgan fingerprint density at radius 3 is 2.51 bits per heavy atom. The summed E-state index contributed by atoms with van der Waals surface area (Å²) >= 11 is 0. The second-order valence-electron chi connectivity index (χ2n) is 9.02. The van der Waals surface area contributed by atoms with Crippen LogP contribution in [0.4, 0.5) is 5.69 Å². The molecule has 2 heterocycles. The summed E-state index contributed by atoms with van der Waals surface area (Å²) in [5.41, 5.74) is 3.20. The molecule has 1 aliphatic heterocycles. The molecule has 35 heavy (non-hydrogen) atoms. The molecule has 0 spiro atoms. The van der Waals surface area contributed by atoms with Crippen LogP contribution in [0.3, 0.4) is 0 Å². The van der Waals surface area contributed by atoms with Crippen molar-refractivity contribution in [3.05, 3.63) is 53.9 Å². The van der Waals surface area contributed by atoms with Gasteiger partial charge in [0.05, 0.1) is 14.2 Å². The lowest BCUT2D eigenvalue weighted by atomic mass is 9.98. The first-order valence-corrected chi connectivity index (χ1v) is 12.2. The van der Waals surface area contributed by atoms with E-state index in [1.807, 2.05) is 30.3 Å². The molecule has 1 N–H and O–H groups in total. The van der Waals surface area contributed by atoms with Gasteiger partial charge < -0.3 is 24.2 Å². The zero-order chi connectivity index (χ0) is 24.6. The summed E-state index contributed by atoms with van der Waals surface area (Å²) in [5, 5.41) is 7.04. The molecule has 0 bridgehead atoms. The highest BCUT2D eigenvalue weighted by molar-refractivity contribution is 5.76. The molecule has 0 saturated carbocycles. The number of anilines is 1. The SMILES string of the molecule is COc1ccc(CCNC(=O)CCc2nc(-c3ccc(N4CCC(C)CC4)cc3)no2)cc1OC. The first kappa shape index (κ1) is 24.6. The molecule has 1 fully saturated rings. The predicted octanol–water partition coefficient (Wildman–Crippen LogP) is 4.28. The van der Waals surface area contributed by atoms with Crippen molar-refractivity contribution in [1.29, 1.82) is 0 Å². The van der Waals surface area contributed by atoms with Crippen molar-refractivity contribution in [3.63, 3.8) is 0 Å². The van der Waals surface area contributed by atoms with Crippen LogP contribution in [0.2, 0.25) is 0 Å². The van der Waals surface area contributed by atoms with Crippen molar-refractivity contribution in [2.24, 2.45) is 5.92 Å². The van der Waals surface area contributed by atoms with E-state index in [-0.39, 0.29) is 5.91 Å². The summed E-state index contributed by atoms with van der Waals surface area (Å²) < 4.78 is 16.0. The fourth-order valence-electron chi connectivity index (χ4n) is 4.25. The lowest BCUT2D eigenvalue weighted by Gasteiger charge is -2.32. The number of ether oxygens (including phenoxy) is 2. The molecular weight excluding hydrogens is 444 g/mol. The van der Waals surface area contributed by atoms with Gasteiger partial charge in [-0.15, -0.1) is 0 Å². The van der Waals surface area contributed by atoms with Gasteiger partial charge in [-0.3, -0.25) is 4.79 Å². The van der Waals surface area contributed by atoms with Crippen LogP contribution >= 0.6 is 0 Å². The van der Waals surface area contributed by atoms with Crippen LogP contribution in [-0.2, 0) is 17.6 Å². The molecule has 1 saturated heterocycles. The van der Waals surface area contributed by atoms with Crippen LogP contribution in [0.5, 0.6) is 11.5 Å². The lowest BCUT2D eigenvalue weighted by Crippen LogP contribution is -2.32. The molecule has 2 aromatic carbocycles. The van der Waals surface area contributed by atoms with Gasteiger partial charge in [0.25, 0.3) is 0 Å². The minimum atomic E-state index is -0.0505. The van der Waals surface area contributed by atoms with Crippen molar-refractivity contribution >= 4 is 11.6 Å². The van der Waals surface area contributed by atoms with Crippen LogP contribution in [0, 0.1) is 5.92 Å². The normalized spacial score (nSPS) is 14.1. The molecule has 0 radical (unpaired) electrons. The van der Waals surface area contributed by atoms with E-state index in [4.69, 9.17) is 14.0 Å². The number of nitrogens with zero attached hydrogens (tertiary/aromatic N) is 3. The number of rotatable bonds is 10. The van der Waals surface area contributed by atoms with Gasteiger partial charge in [-0.2, -0.15) is 4.98 Å². The smallest absolute Gasteiger partial charge is 0.227 e. The number of nitrogens with one attached hydrogen (secondary N) is 1. The van der Waals surface area contributed by atoms with Gasteiger partial charge in [0.2, 0.25) is 17.6 Å². The van der Waals surface area contributed by atoms with E-state index in [9.17, 15) is 4.79 Å². The zero-order valence-electron chi connectivity index (χ0n) is 20.8. The van der Waals surface area contributed by atoms with Crippen molar-refractivity contribution in [1.82, 2.24) is 15.5 Å². The van der Waals surface area contributed by atoms with Crippen LogP contribution in [0.15, 0.2) is 47.0 Å². The Balaban J connectivity index is 1.22. The van der Waals surface area contributed by atoms with Crippen molar-refractivity contribution in [2.45, 2.75) is 39.0 Å². The molecular formula is C27H34N4O4. The third kappa shape index (κ3) is 6.53. The van der Waals surface area contributed by atoms with Gasteiger partial charge in [-0.25, -0.2) is 0 Å². The van der Waals surface area contributed by atoms with Crippen LogP contribution < -0.4 is 19.7 Å². The Kier molecular flexibility index (Phi) is 8.23. The van der Waals surface area contributed by atoms with Gasteiger partial charge in [-0.1, -0.05) is 18.1 Å². The molecule has 8 nitrogen and oxygen atoms in total. The fraction of sp³-hybridized carbons (Fsp3) is 0.444. The standard InChI is InChI=1S/C27H34N4O4/c1-19-13-16-31(17-14-19)22-7-5-21(6-8-22)27-29-26(35-30-27)11-10-25(32)28-15-12-20-4-9-23(33-2)24(18-20)34-3/h4-9,18-19H,10-17H2,1-3H3,(H,28,32). The molecule has 8 heteroatoms. The Hall–Kier alpha value is -3.55. The third-order valence-corrected chi connectivity index (χ3v) is 6.49. The Labute approximate surface area is 206 Å². The molecule has 1 aliphatic rings. The second kappa shape index (κ2) is 11.7. The van der Waals surface area contributed by atoms with Gasteiger partial charge in [-0.05, 0) is 67.1 Å². The van der Waals surface area contributed by atoms with E-state index in [0.29, 0.717) is 49.0 Å². The minimum Gasteiger partial charge on any atom is -0.493 e. The Morgan fingerprint density at radius 2 is 1.80 bits per heavy atom. The van der Waals surface area contributed by atoms with E-state index in [1.54, 1.807) is 14.2 Å². The summed E-state index contributed by atoms with van der Waals surface area (Å²) in [4.78, 5) is 19.2. The maximum atomic E-state index is 12.3. The van der Waals surface area contributed by atoms with Gasteiger partial charge in [0.1, 0.15) is 0 Å². The van der Waals surface area contributed by atoms with Crippen molar-refractivity contribution in [3.8, 4) is 22.9 Å². The number of piperidine rings is 1. The van der Waals surface area contributed by atoms with Gasteiger partial charge in [0, 0.05) is 43.7 Å². The van der Waals surface area contributed by atoms with Crippen molar-refractivity contribution < 1.29 is 18.8 Å². The molecule has 0 aliphatic carbocycles. The predicted molar refractivity (Wildman–Crippen MR) is 135 cm³/mol. The number of hydrogen-bond acceptors (Lipinski definition) is 7. The first-order chi connectivity index (χ1) is 17.1. The fourth-order valence-corrected chi connectivity index (χ4v) is 4.25. The molecule has 186 valence electrons. The number of hydrogen-bond donors (Lipinski definition) is 1. The largest absolute Gasteiger partial charge is 0.493 e. The van der Waals surface area contributed by atoms with Crippen molar-refractivity contribution in [2.75, 3.05) is 38.8 Å². The summed E-state index contributed by atoms with van der Waals surface area (Å²) in [7, 11) is 3.22. The number of aryl methyl sites for hydroxylation is 1. The van der Waals surface area contributed by atoms with Gasteiger partial charge in [0.15, 0.2) is 11.5 Å². The van der Waals surface area contributed by atoms with E-state index in [0.717, 1.165) is 30.1 Å². The number of aromatic nitrogens is 2. The third-order valence-electron chi connectivity index (χ3n) is 6.49. The molecule has 0 atom stereocenters. The average Bonchev–Trinajstić information content (AvgIpc) is 3.37. The van der Waals surface area contributed by atoms with Crippen LogP contribution in [-0.4, -0.2) is 49.9 Å². The highest BCUT2D eigenvalue weighted by Gasteiger charge is 2.17. The number of methoxy groups -OCH3 is 2. The van der Waals surface area contributed by atoms with E-state index < -0.39 is 0 Å². The summed E-state index contributed by atoms with van der Waals surface area (Å²) in [6.07, 6.45) is 3.86. The molecule has 0 unspecified atom stereocenters. The first-order valence-electron chi connectivity index (χ1n) is 12.2. The van der Waals surface area contributed by atoms with E-state index >= 15 is 0 Å². The number of amides is 1. The zero-order valence-corrected chi connectivity index (χ0v) is 20.8. The van der Waals surface area contributed by atoms with Gasteiger partial charge >= 0.3 is 0 Å². The average molecular weight is 479 g/mol. The van der Waals surface area contributed by atoms with E-state index in [2.05, 4.69) is 39.4 Å². The Bertz CT molecular complexity index is 1100. The highest BCUT2D eigenvalue weighted by Crippen LogP contribution is 2.28. The maximum Gasteiger partial charge on any atom is 0.227 e. The lowest BCUT2D eigenvalue weighted by molar-refractivity contribution is -0.121. The summed E-state index contributed by atoms with van der Waals surface area (Å²) in [5.74, 6) is 3.14. The molecule has 1 aromatic heterocycles. The monoisotopic (exact) mass is 478 g/mol. The topological polar surface area (TPSA) is 89.7 Å². The molecule has 4 rings (SSSR count). The number of benzene rings is 2. The highest BCUT2D eigenvalue weighted by atomic mass is 16.5. The van der Waals surface area contributed by atoms with E-state index in [1.165, 1.54) is 18.5 Å². The number of carbonyl (C=O) groups is 1. The Morgan fingerprint density at radius 1 is 1.06 bits per heavy atom. The quantitative estimate of drug-likeness (QED) is 0.465. The van der Waals surface area contributed by atoms with Crippen LogP contribution in [0.25, 0.3) is 11.4 Å². The summed E-state index contributed by atoms with van der Waals surface area (Å²) in [6, 6.07) is 14.1. The molecule has 1 amide bonds. The second-order valence-corrected chi connectivity index (χ2v) is 9.02. The molecule has 3 aromatic rings. The maximum absolute atomic E-state index is 12.3. The number of carbonyl (C=O) groups excluding carboxylic acids is 1. The van der Waals surface area contributed by atoms with Crippen LogP contribution in [0.1, 0.15) is 37.6 Å².